The third-order valence-corrected chi connectivity index (χ3v) is 3.56. The number of ketones is 1. The predicted octanol–water partition coefficient (Wildman–Crippen LogP) is 1.51. The zero-order valence-corrected chi connectivity index (χ0v) is 12.3. The number of tetrazole rings is 1. The number of Topliss-reactive ketones (excluding diaryl/α,β-unsaturated/α-hetero) is 1. The van der Waals surface area contributed by atoms with Crippen molar-refractivity contribution in [3.05, 3.63) is 29.7 Å². The molecule has 0 amide bonds. The number of aromatic nitrogens is 5. The van der Waals surface area contributed by atoms with E-state index in [0.717, 1.165) is 18.5 Å². The van der Waals surface area contributed by atoms with Gasteiger partial charge in [-0.15, -0.1) is 10.2 Å². The maximum Gasteiger partial charge on any atom is 0.178 e. The van der Waals surface area contributed by atoms with Crippen LogP contribution in [0.3, 0.4) is 0 Å². The van der Waals surface area contributed by atoms with E-state index in [1.807, 2.05) is 12.1 Å². The van der Waals surface area contributed by atoms with Crippen LogP contribution in [0.5, 0.6) is 0 Å². The molecule has 0 aromatic carbocycles. The van der Waals surface area contributed by atoms with Crippen LogP contribution in [-0.4, -0.2) is 31.4 Å². The highest BCUT2D eigenvalue weighted by Gasteiger charge is 2.30. The lowest BCUT2D eigenvalue weighted by Gasteiger charge is -2.22. The van der Waals surface area contributed by atoms with Gasteiger partial charge in [-0.25, -0.2) is 4.98 Å². The van der Waals surface area contributed by atoms with Crippen LogP contribution in [0.1, 0.15) is 44.1 Å². The molecular weight excluding hydrogens is 268 g/mol. The zero-order valence-electron chi connectivity index (χ0n) is 12.3. The number of hydrogen-bond acceptors (Lipinski definition) is 6. The molecule has 2 atom stereocenters. The molecule has 0 aliphatic rings. The normalized spacial score (nSPS) is 13.8. The summed E-state index contributed by atoms with van der Waals surface area (Å²) in [5.74, 6) is 0.865. The Morgan fingerprint density at radius 1 is 1.43 bits per heavy atom. The standard InChI is InChI=1S/C14H20N6O/c1-3-5-11(9(2)21)12(14-17-19-20-18-14)8-10-6-4-7-13(15)16-10/h4,6-7,11-12H,3,5,8H2,1-2H3,(H2,15,16)(H,17,18,19,20)/t11-,12+/m1/s1. The lowest BCUT2D eigenvalue weighted by Crippen LogP contribution is -2.23. The largest absolute Gasteiger partial charge is 0.384 e. The number of nitrogens with one attached hydrogen (secondary N) is 1. The minimum atomic E-state index is -0.143. The van der Waals surface area contributed by atoms with Crippen LogP contribution in [0, 0.1) is 5.92 Å². The lowest BCUT2D eigenvalue weighted by molar-refractivity contribution is -0.121. The van der Waals surface area contributed by atoms with Crippen molar-refractivity contribution in [3.8, 4) is 0 Å². The van der Waals surface area contributed by atoms with E-state index in [2.05, 4.69) is 32.5 Å². The Balaban J connectivity index is 2.30. The molecule has 2 rings (SSSR count). The molecule has 0 spiro atoms. The Hall–Kier alpha value is -2.31. The molecular formula is C14H20N6O. The van der Waals surface area contributed by atoms with E-state index < -0.39 is 0 Å². The van der Waals surface area contributed by atoms with Gasteiger partial charge >= 0.3 is 0 Å². The van der Waals surface area contributed by atoms with Crippen LogP contribution in [0.25, 0.3) is 0 Å². The van der Waals surface area contributed by atoms with E-state index in [-0.39, 0.29) is 17.6 Å². The van der Waals surface area contributed by atoms with Crippen LogP contribution in [0.4, 0.5) is 5.82 Å². The summed E-state index contributed by atoms with van der Waals surface area (Å²) < 4.78 is 0. The van der Waals surface area contributed by atoms with Crippen LogP contribution < -0.4 is 5.73 Å². The average Bonchev–Trinajstić information content (AvgIpc) is 2.96. The van der Waals surface area contributed by atoms with Crippen LogP contribution >= 0.6 is 0 Å². The molecule has 7 nitrogen and oxygen atoms in total. The highest BCUT2D eigenvalue weighted by atomic mass is 16.1. The Bertz CT molecular complexity index is 583. The molecule has 21 heavy (non-hydrogen) atoms. The van der Waals surface area contributed by atoms with Gasteiger partial charge in [0.15, 0.2) is 5.82 Å². The molecule has 0 radical (unpaired) electrons. The summed E-state index contributed by atoms with van der Waals surface area (Å²) in [7, 11) is 0. The quantitative estimate of drug-likeness (QED) is 0.799. The zero-order chi connectivity index (χ0) is 15.2. The average molecular weight is 288 g/mol. The SMILES string of the molecule is CCC[C@H](C(C)=O)[C@H](Cc1cccc(N)n1)c1nn[nH]n1. The number of nitrogen functional groups attached to an aromatic ring is 1. The van der Waals surface area contributed by atoms with Crippen molar-refractivity contribution >= 4 is 11.6 Å². The second kappa shape index (κ2) is 6.92. The summed E-state index contributed by atoms with van der Waals surface area (Å²) in [6, 6.07) is 5.49. The summed E-state index contributed by atoms with van der Waals surface area (Å²) in [5.41, 5.74) is 6.55. The van der Waals surface area contributed by atoms with Crippen LogP contribution in [-0.2, 0) is 11.2 Å². The first-order valence-electron chi connectivity index (χ1n) is 7.07. The number of nitrogens with two attached hydrogens (primary N) is 1. The Labute approximate surface area is 123 Å². The van der Waals surface area contributed by atoms with Gasteiger partial charge in [0, 0.05) is 24.0 Å². The molecule has 0 saturated carbocycles. The first kappa shape index (κ1) is 15.1. The van der Waals surface area contributed by atoms with Gasteiger partial charge < -0.3 is 5.73 Å². The fourth-order valence-electron chi connectivity index (χ4n) is 2.58. The van der Waals surface area contributed by atoms with Gasteiger partial charge in [0.25, 0.3) is 0 Å². The Kier molecular flexibility index (Phi) is 4.97. The second-order valence-corrected chi connectivity index (χ2v) is 5.14. The molecule has 2 aromatic heterocycles. The maximum absolute atomic E-state index is 12.0. The van der Waals surface area contributed by atoms with Crippen molar-refractivity contribution in [2.45, 2.75) is 39.0 Å². The number of aromatic amines is 1. The van der Waals surface area contributed by atoms with Gasteiger partial charge in [-0.2, -0.15) is 5.21 Å². The third kappa shape index (κ3) is 3.84. The number of anilines is 1. The molecule has 7 heteroatoms. The smallest absolute Gasteiger partial charge is 0.178 e. The van der Waals surface area contributed by atoms with E-state index in [4.69, 9.17) is 5.73 Å². The van der Waals surface area contributed by atoms with E-state index in [9.17, 15) is 4.79 Å². The van der Waals surface area contributed by atoms with E-state index in [0.29, 0.717) is 18.1 Å². The molecule has 0 aliphatic carbocycles. The number of H-pyrrole nitrogens is 1. The van der Waals surface area contributed by atoms with Crippen molar-refractivity contribution in [2.75, 3.05) is 5.73 Å². The minimum absolute atomic E-state index is 0.135. The lowest BCUT2D eigenvalue weighted by atomic mass is 9.82. The molecule has 0 unspecified atom stereocenters. The molecule has 3 N–H and O–H groups in total. The molecule has 2 heterocycles. The van der Waals surface area contributed by atoms with E-state index >= 15 is 0 Å². The van der Waals surface area contributed by atoms with Crippen molar-refractivity contribution < 1.29 is 4.79 Å². The monoisotopic (exact) mass is 288 g/mol. The van der Waals surface area contributed by atoms with Gasteiger partial charge in [-0.05, 0) is 25.5 Å². The van der Waals surface area contributed by atoms with Crippen molar-refractivity contribution in [2.24, 2.45) is 5.92 Å². The fraction of sp³-hybridized carbons (Fsp3) is 0.500. The summed E-state index contributed by atoms with van der Waals surface area (Å²) in [6.07, 6.45) is 2.27. The molecule has 0 bridgehead atoms. The summed E-state index contributed by atoms with van der Waals surface area (Å²) in [6.45, 7) is 3.67. The van der Waals surface area contributed by atoms with Crippen molar-refractivity contribution in [1.29, 1.82) is 0 Å². The molecule has 112 valence electrons. The number of rotatable bonds is 7. The first-order valence-corrected chi connectivity index (χ1v) is 7.07. The molecule has 2 aromatic rings. The van der Waals surface area contributed by atoms with E-state index in [1.54, 1.807) is 13.0 Å². The first-order chi connectivity index (χ1) is 10.1. The van der Waals surface area contributed by atoms with Gasteiger partial charge in [-0.1, -0.05) is 24.6 Å². The maximum atomic E-state index is 12.0. The molecule has 0 aliphatic heterocycles. The number of nitrogens with zero attached hydrogens (tertiary/aromatic N) is 4. The Morgan fingerprint density at radius 2 is 2.24 bits per heavy atom. The summed E-state index contributed by atoms with van der Waals surface area (Å²) in [5, 5.41) is 14.2. The van der Waals surface area contributed by atoms with Gasteiger partial charge in [-0.3, -0.25) is 4.79 Å². The number of hydrogen-bond donors (Lipinski definition) is 2. The topological polar surface area (TPSA) is 110 Å². The third-order valence-electron chi connectivity index (χ3n) is 3.56. The van der Waals surface area contributed by atoms with Crippen molar-refractivity contribution in [1.82, 2.24) is 25.6 Å². The second-order valence-electron chi connectivity index (χ2n) is 5.14. The van der Waals surface area contributed by atoms with Gasteiger partial charge in [0.1, 0.15) is 11.6 Å². The van der Waals surface area contributed by atoms with Gasteiger partial charge in [0.2, 0.25) is 0 Å². The fourth-order valence-corrected chi connectivity index (χ4v) is 2.58. The highest BCUT2D eigenvalue weighted by Crippen LogP contribution is 2.29. The summed E-state index contributed by atoms with van der Waals surface area (Å²) in [4.78, 5) is 16.3. The van der Waals surface area contributed by atoms with Gasteiger partial charge in [0.05, 0.1) is 0 Å². The van der Waals surface area contributed by atoms with Crippen LogP contribution in [0.15, 0.2) is 18.2 Å². The number of pyridine rings is 1. The predicted molar refractivity (Wildman–Crippen MR) is 78.4 cm³/mol. The van der Waals surface area contributed by atoms with E-state index in [1.165, 1.54) is 0 Å². The van der Waals surface area contributed by atoms with Crippen LogP contribution in [0.2, 0.25) is 0 Å². The molecule has 0 fully saturated rings. The van der Waals surface area contributed by atoms with Crippen molar-refractivity contribution in [3.63, 3.8) is 0 Å². The Morgan fingerprint density at radius 3 is 2.81 bits per heavy atom. The number of carbonyl (C=O) groups is 1. The highest BCUT2D eigenvalue weighted by molar-refractivity contribution is 5.79. The summed E-state index contributed by atoms with van der Waals surface area (Å²) >= 11 is 0. The number of carbonyl (C=O) groups excluding carboxylic acids is 1. The molecule has 0 saturated heterocycles. The minimum Gasteiger partial charge on any atom is -0.384 e.